The zero-order valence-electron chi connectivity index (χ0n) is 47.4. The molecule has 0 aliphatic heterocycles. The van der Waals surface area contributed by atoms with E-state index in [4.69, 9.17) is 14.2 Å². The van der Waals surface area contributed by atoms with Crippen LogP contribution >= 0.6 is 0 Å². The average molecular weight is 1000 g/mol. The zero-order valence-corrected chi connectivity index (χ0v) is 47.4. The molecule has 0 radical (unpaired) electrons. The van der Waals surface area contributed by atoms with Crippen LogP contribution in [0.3, 0.4) is 0 Å². The number of carbonyl (C=O) groups is 3. The summed E-state index contributed by atoms with van der Waals surface area (Å²) in [4.78, 5) is 38.1. The van der Waals surface area contributed by atoms with Crippen LogP contribution in [-0.4, -0.2) is 37.2 Å². The van der Waals surface area contributed by atoms with Gasteiger partial charge in [-0.2, -0.15) is 0 Å². The highest BCUT2D eigenvalue weighted by atomic mass is 16.6. The molecular formula is C66H114O6. The number of carbonyl (C=O) groups excluding carboxylic acids is 3. The minimum Gasteiger partial charge on any atom is -0.462 e. The van der Waals surface area contributed by atoms with E-state index in [2.05, 4.69) is 106 Å². The molecule has 0 aromatic heterocycles. The second kappa shape index (κ2) is 60.1. The van der Waals surface area contributed by atoms with E-state index in [1.165, 1.54) is 148 Å². The fourth-order valence-electron chi connectivity index (χ4n) is 8.56. The fraction of sp³-hybridized carbons (Fsp3) is 0.742. The standard InChI is InChI=1S/C66H114O6/c1-4-7-10-13-16-19-21-23-25-27-28-29-30-31-32-33-34-35-36-37-38-39-41-42-44-47-50-53-56-59-65(68)71-62-63(61-70-64(67)58-55-52-49-46-18-15-12-9-6-3)72-66(69)60-57-54-51-48-45-43-40-26-24-22-20-17-14-11-8-5-2/h7,10,16,19,23,25-26,28-29,31-32,34-35,40,63H,4-6,8-9,11-15,17-18,20-22,24,27,30,33,36-39,41-62H2,1-3H3/b10-7-,19-16-,25-23-,29-28-,32-31-,35-34-,40-26-. The lowest BCUT2D eigenvalue weighted by atomic mass is 10.1. The van der Waals surface area contributed by atoms with Crippen molar-refractivity contribution in [1.29, 1.82) is 0 Å². The van der Waals surface area contributed by atoms with Crippen LogP contribution in [0.2, 0.25) is 0 Å². The Kier molecular flexibility index (Phi) is 57.3. The maximum atomic E-state index is 12.8. The van der Waals surface area contributed by atoms with Crippen LogP contribution in [-0.2, 0) is 28.6 Å². The maximum absolute atomic E-state index is 12.8. The third kappa shape index (κ3) is 57.5. The molecule has 0 spiro atoms. The topological polar surface area (TPSA) is 78.9 Å². The van der Waals surface area contributed by atoms with Gasteiger partial charge < -0.3 is 14.2 Å². The molecule has 0 aromatic carbocycles. The van der Waals surface area contributed by atoms with Gasteiger partial charge >= 0.3 is 17.9 Å². The van der Waals surface area contributed by atoms with Gasteiger partial charge in [0.25, 0.3) is 0 Å². The maximum Gasteiger partial charge on any atom is 0.306 e. The van der Waals surface area contributed by atoms with Gasteiger partial charge in [-0.25, -0.2) is 0 Å². The Balaban J connectivity index is 4.20. The van der Waals surface area contributed by atoms with Gasteiger partial charge in [0, 0.05) is 19.3 Å². The molecule has 0 bridgehead atoms. The van der Waals surface area contributed by atoms with Gasteiger partial charge in [-0.15, -0.1) is 0 Å². The first-order chi connectivity index (χ1) is 35.5. The minimum atomic E-state index is -0.780. The minimum absolute atomic E-state index is 0.0781. The Labute approximate surface area is 445 Å². The van der Waals surface area contributed by atoms with Crippen LogP contribution in [0.15, 0.2) is 85.1 Å². The second-order valence-corrected chi connectivity index (χ2v) is 20.2. The number of allylic oxidation sites excluding steroid dienone is 14. The number of unbranched alkanes of at least 4 members (excludes halogenated alkanes) is 30. The molecule has 0 heterocycles. The van der Waals surface area contributed by atoms with Crippen molar-refractivity contribution in [3.05, 3.63) is 85.1 Å². The van der Waals surface area contributed by atoms with E-state index < -0.39 is 6.10 Å². The molecule has 0 amide bonds. The van der Waals surface area contributed by atoms with E-state index in [1.54, 1.807) is 0 Å². The summed E-state index contributed by atoms with van der Waals surface area (Å²) in [6.07, 6.45) is 78.8. The van der Waals surface area contributed by atoms with Crippen LogP contribution in [0.5, 0.6) is 0 Å². The van der Waals surface area contributed by atoms with Crippen molar-refractivity contribution >= 4 is 17.9 Å². The third-order valence-corrected chi connectivity index (χ3v) is 13.1. The number of hydrogen-bond donors (Lipinski definition) is 0. The molecule has 0 N–H and O–H groups in total. The summed E-state index contributed by atoms with van der Waals surface area (Å²) in [5, 5.41) is 0. The highest BCUT2D eigenvalue weighted by Gasteiger charge is 2.19. The molecular weight excluding hydrogens is 889 g/mol. The average Bonchev–Trinajstić information content (AvgIpc) is 3.38. The van der Waals surface area contributed by atoms with Crippen molar-refractivity contribution in [3.63, 3.8) is 0 Å². The molecule has 0 saturated carbocycles. The van der Waals surface area contributed by atoms with Gasteiger partial charge in [0.05, 0.1) is 0 Å². The summed E-state index contributed by atoms with van der Waals surface area (Å²) < 4.78 is 16.8. The first-order valence-electron chi connectivity index (χ1n) is 30.6. The van der Waals surface area contributed by atoms with Crippen LogP contribution in [0.4, 0.5) is 0 Å². The number of ether oxygens (including phenoxy) is 3. The number of hydrogen-bond acceptors (Lipinski definition) is 6. The molecule has 6 nitrogen and oxygen atoms in total. The Morgan fingerprint density at radius 1 is 0.292 bits per heavy atom. The van der Waals surface area contributed by atoms with E-state index in [0.717, 1.165) is 109 Å². The number of esters is 3. The van der Waals surface area contributed by atoms with Crippen LogP contribution in [0, 0.1) is 0 Å². The Hall–Kier alpha value is -3.41. The van der Waals surface area contributed by atoms with Gasteiger partial charge in [0.15, 0.2) is 6.10 Å². The molecule has 0 aromatic rings. The monoisotopic (exact) mass is 1000 g/mol. The summed E-state index contributed by atoms with van der Waals surface area (Å²) in [6.45, 7) is 6.51. The molecule has 1 atom stereocenters. The molecule has 0 aliphatic rings. The molecule has 0 saturated heterocycles. The van der Waals surface area contributed by atoms with Crippen molar-refractivity contribution in [2.45, 2.75) is 303 Å². The molecule has 6 heteroatoms. The molecule has 0 rings (SSSR count). The zero-order chi connectivity index (χ0) is 52.2. The fourth-order valence-corrected chi connectivity index (χ4v) is 8.56. The summed E-state index contributed by atoms with van der Waals surface area (Å²) in [7, 11) is 0. The molecule has 1 unspecified atom stereocenters. The molecule has 414 valence electrons. The SMILES string of the molecule is CC/C=C\C/C=C\C/C=C\C/C=C\C/C=C\C/C=C\CCCCCCCCCCCCC(=O)OCC(COC(=O)CCCCCCCCCCC)OC(=O)CCCCCCC/C=C\CCCCCCCCC. The second-order valence-electron chi connectivity index (χ2n) is 20.2. The Bertz CT molecular complexity index is 1380. The van der Waals surface area contributed by atoms with E-state index in [-0.39, 0.29) is 31.1 Å². The van der Waals surface area contributed by atoms with Gasteiger partial charge in [0.2, 0.25) is 0 Å². The van der Waals surface area contributed by atoms with Crippen molar-refractivity contribution in [2.24, 2.45) is 0 Å². The summed E-state index contributed by atoms with van der Waals surface area (Å²) in [5.41, 5.74) is 0. The van der Waals surface area contributed by atoms with Crippen molar-refractivity contribution < 1.29 is 28.6 Å². The predicted molar refractivity (Wildman–Crippen MR) is 311 cm³/mol. The van der Waals surface area contributed by atoms with Crippen molar-refractivity contribution in [3.8, 4) is 0 Å². The van der Waals surface area contributed by atoms with Crippen LogP contribution < -0.4 is 0 Å². The van der Waals surface area contributed by atoms with Gasteiger partial charge in [-0.05, 0) is 96.3 Å². The number of rotatable bonds is 55. The lowest BCUT2D eigenvalue weighted by Gasteiger charge is -2.18. The highest BCUT2D eigenvalue weighted by Crippen LogP contribution is 2.16. The third-order valence-electron chi connectivity index (χ3n) is 13.1. The van der Waals surface area contributed by atoms with E-state index in [0.29, 0.717) is 19.3 Å². The summed E-state index contributed by atoms with van der Waals surface area (Å²) >= 11 is 0. The van der Waals surface area contributed by atoms with Gasteiger partial charge in [0.1, 0.15) is 13.2 Å². The first kappa shape index (κ1) is 68.6. The Morgan fingerprint density at radius 2 is 0.542 bits per heavy atom. The van der Waals surface area contributed by atoms with Crippen LogP contribution in [0.25, 0.3) is 0 Å². The largest absolute Gasteiger partial charge is 0.462 e. The van der Waals surface area contributed by atoms with E-state index in [1.807, 2.05) is 0 Å². The lowest BCUT2D eigenvalue weighted by Crippen LogP contribution is -2.30. The highest BCUT2D eigenvalue weighted by molar-refractivity contribution is 5.71. The van der Waals surface area contributed by atoms with E-state index >= 15 is 0 Å². The van der Waals surface area contributed by atoms with Crippen molar-refractivity contribution in [1.82, 2.24) is 0 Å². The normalized spacial score (nSPS) is 12.7. The van der Waals surface area contributed by atoms with E-state index in [9.17, 15) is 14.4 Å². The molecule has 72 heavy (non-hydrogen) atoms. The summed E-state index contributed by atoms with van der Waals surface area (Å²) in [5.74, 6) is -0.885. The van der Waals surface area contributed by atoms with Gasteiger partial charge in [-0.1, -0.05) is 266 Å². The smallest absolute Gasteiger partial charge is 0.306 e. The summed E-state index contributed by atoms with van der Waals surface area (Å²) in [6, 6.07) is 0. The van der Waals surface area contributed by atoms with Crippen molar-refractivity contribution in [2.75, 3.05) is 13.2 Å². The lowest BCUT2D eigenvalue weighted by molar-refractivity contribution is -0.167. The quantitative estimate of drug-likeness (QED) is 0.0261. The van der Waals surface area contributed by atoms with Crippen LogP contribution in [0.1, 0.15) is 297 Å². The molecule has 0 aliphatic carbocycles. The first-order valence-corrected chi connectivity index (χ1v) is 30.6. The predicted octanol–water partition coefficient (Wildman–Crippen LogP) is 20.7. The Morgan fingerprint density at radius 3 is 0.861 bits per heavy atom. The van der Waals surface area contributed by atoms with Gasteiger partial charge in [-0.3, -0.25) is 14.4 Å². The molecule has 0 fully saturated rings.